The van der Waals surface area contributed by atoms with Crippen LogP contribution in [0.5, 0.6) is 0 Å². The van der Waals surface area contributed by atoms with E-state index in [-0.39, 0.29) is 12.6 Å². The van der Waals surface area contributed by atoms with Crippen LogP contribution in [0, 0.1) is 13.8 Å². The largest absolute Gasteiger partial charge is 0.456 e. The van der Waals surface area contributed by atoms with Crippen molar-refractivity contribution in [3.63, 3.8) is 0 Å². The number of aryl methyl sites for hydroxylation is 1. The van der Waals surface area contributed by atoms with Crippen LogP contribution in [0.25, 0.3) is 0 Å². The Kier molecular flexibility index (Phi) is 3.62. The van der Waals surface area contributed by atoms with E-state index in [0.717, 1.165) is 16.3 Å². The van der Waals surface area contributed by atoms with Gasteiger partial charge in [0.15, 0.2) is 0 Å². The highest BCUT2D eigenvalue weighted by atomic mass is 32.1. The molecule has 0 aliphatic rings. The SMILES string of the molecule is Cc1nc(COC(=O)c2cccc(N)c2C)cs1. The number of anilines is 1. The van der Waals surface area contributed by atoms with Crippen molar-refractivity contribution in [1.29, 1.82) is 0 Å². The molecule has 0 amide bonds. The molecule has 0 bridgehead atoms. The number of thiazole rings is 1. The van der Waals surface area contributed by atoms with Gasteiger partial charge in [0.1, 0.15) is 6.61 Å². The lowest BCUT2D eigenvalue weighted by Crippen LogP contribution is -2.08. The third kappa shape index (κ3) is 2.68. The number of benzene rings is 1. The molecule has 2 N–H and O–H groups in total. The first-order chi connectivity index (χ1) is 8.58. The number of nitrogen functional groups attached to an aromatic ring is 1. The molecule has 5 heteroatoms. The van der Waals surface area contributed by atoms with Crippen molar-refractivity contribution < 1.29 is 9.53 Å². The third-order valence-corrected chi connectivity index (χ3v) is 3.44. The van der Waals surface area contributed by atoms with Crippen LogP contribution in [0.4, 0.5) is 5.69 Å². The van der Waals surface area contributed by atoms with Gasteiger partial charge in [-0.15, -0.1) is 11.3 Å². The fourth-order valence-corrected chi connectivity index (χ4v) is 2.16. The monoisotopic (exact) mass is 262 g/mol. The summed E-state index contributed by atoms with van der Waals surface area (Å²) in [6.07, 6.45) is 0. The van der Waals surface area contributed by atoms with Gasteiger partial charge < -0.3 is 10.5 Å². The Morgan fingerprint density at radius 2 is 2.22 bits per heavy atom. The molecule has 2 rings (SSSR count). The lowest BCUT2D eigenvalue weighted by Gasteiger charge is -2.07. The molecule has 0 radical (unpaired) electrons. The number of ether oxygens (including phenoxy) is 1. The summed E-state index contributed by atoms with van der Waals surface area (Å²) in [5.41, 5.74) is 8.36. The van der Waals surface area contributed by atoms with Crippen molar-refractivity contribution >= 4 is 23.0 Å². The Morgan fingerprint density at radius 1 is 1.44 bits per heavy atom. The zero-order valence-corrected chi connectivity index (χ0v) is 11.1. The molecule has 2 aromatic rings. The van der Waals surface area contributed by atoms with E-state index in [9.17, 15) is 4.79 Å². The number of rotatable bonds is 3. The molecule has 0 spiro atoms. The Bertz CT molecular complexity index is 578. The van der Waals surface area contributed by atoms with Crippen molar-refractivity contribution in [2.24, 2.45) is 0 Å². The Hall–Kier alpha value is -1.88. The van der Waals surface area contributed by atoms with Crippen LogP contribution in [0.1, 0.15) is 26.6 Å². The van der Waals surface area contributed by atoms with Crippen LogP contribution in [0.3, 0.4) is 0 Å². The molecule has 0 unspecified atom stereocenters. The van der Waals surface area contributed by atoms with E-state index in [1.54, 1.807) is 25.1 Å². The van der Waals surface area contributed by atoms with Crippen molar-refractivity contribution in [3.8, 4) is 0 Å². The van der Waals surface area contributed by atoms with Gasteiger partial charge in [-0.1, -0.05) is 6.07 Å². The molecule has 0 saturated carbocycles. The van der Waals surface area contributed by atoms with Crippen molar-refractivity contribution in [2.75, 3.05) is 5.73 Å². The minimum atomic E-state index is -0.370. The molecule has 0 atom stereocenters. The van der Waals surface area contributed by atoms with E-state index in [0.29, 0.717) is 11.3 Å². The molecule has 0 aliphatic heterocycles. The highest BCUT2D eigenvalue weighted by Gasteiger charge is 2.12. The molecule has 18 heavy (non-hydrogen) atoms. The van der Waals surface area contributed by atoms with Gasteiger partial charge in [0.2, 0.25) is 0 Å². The molecular formula is C13H14N2O2S. The highest BCUT2D eigenvalue weighted by Crippen LogP contribution is 2.17. The molecule has 4 nitrogen and oxygen atoms in total. The first-order valence-corrected chi connectivity index (χ1v) is 6.39. The Balaban J connectivity index is 2.06. The second kappa shape index (κ2) is 5.18. The number of aromatic nitrogens is 1. The maximum Gasteiger partial charge on any atom is 0.338 e. The van der Waals surface area contributed by atoms with E-state index in [1.807, 2.05) is 12.3 Å². The zero-order chi connectivity index (χ0) is 13.1. The maximum atomic E-state index is 11.9. The maximum absolute atomic E-state index is 11.9. The van der Waals surface area contributed by atoms with Gasteiger partial charge in [-0.2, -0.15) is 0 Å². The quantitative estimate of drug-likeness (QED) is 0.682. The lowest BCUT2D eigenvalue weighted by atomic mass is 10.1. The van der Waals surface area contributed by atoms with Crippen molar-refractivity contribution in [1.82, 2.24) is 4.98 Å². The van der Waals surface area contributed by atoms with E-state index < -0.39 is 0 Å². The molecular weight excluding hydrogens is 248 g/mol. The van der Waals surface area contributed by atoms with Gasteiger partial charge in [0, 0.05) is 11.1 Å². The van der Waals surface area contributed by atoms with E-state index in [1.165, 1.54) is 11.3 Å². The van der Waals surface area contributed by atoms with E-state index >= 15 is 0 Å². The van der Waals surface area contributed by atoms with Gasteiger partial charge in [-0.25, -0.2) is 9.78 Å². The number of nitrogens with zero attached hydrogens (tertiary/aromatic N) is 1. The average Bonchev–Trinajstić information content (AvgIpc) is 2.76. The zero-order valence-electron chi connectivity index (χ0n) is 10.3. The topological polar surface area (TPSA) is 65.2 Å². The van der Waals surface area contributed by atoms with Gasteiger partial charge in [-0.05, 0) is 31.5 Å². The van der Waals surface area contributed by atoms with Crippen molar-refractivity contribution in [3.05, 3.63) is 45.4 Å². The summed E-state index contributed by atoms with van der Waals surface area (Å²) in [4.78, 5) is 16.1. The second-order valence-corrected chi connectivity index (χ2v) is 5.02. The van der Waals surface area contributed by atoms with E-state index in [2.05, 4.69) is 4.98 Å². The van der Waals surface area contributed by atoms with Crippen LogP contribution < -0.4 is 5.73 Å². The smallest absolute Gasteiger partial charge is 0.338 e. The van der Waals surface area contributed by atoms with Gasteiger partial charge in [0.25, 0.3) is 0 Å². The molecule has 1 heterocycles. The number of hydrogen-bond donors (Lipinski definition) is 1. The second-order valence-electron chi connectivity index (χ2n) is 3.95. The Labute approximate surface area is 109 Å². The summed E-state index contributed by atoms with van der Waals surface area (Å²) >= 11 is 1.54. The summed E-state index contributed by atoms with van der Waals surface area (Å²) in [6, 6.07) is 5.21. The van der Waals surface area contributed by atoms with Crippen molar-refractivity contribution in [2.45, 2.75) is 20.5 Å². The minimum absolute atomic E-state index is 0.192. The van der Waals surface area contributed by atoms with Crippen LogP contribution in [0.15, 0.2) is 23.6 Å². The van der Waals surface area contributed by atoms with Gasteiger partial charge in [0.05, 0.1) is 16.3 Å². The number of carbonyl (C=O) groups is 1. The summed E-state index contributed by atoms with van der Waals surface area (Å²) in [5.74, 6) is -0.370. The number of nitrogens with two attached hydrogens (primary N) is 1. The molecule has 0 aliphatic carbocycles. The summed E-state index contributed by atoms with van der Waals surface area (Å²) in [6.45, 7) is 3.91. The van der Waals surface area contributed by atoms with Gasteiger partial charge >= 0.3 is 5.97 Å². The van der Waals surface area contributed by atoms with Crippen LogP contribution in [-0.2, 0) is 11.3 Å². The first kappa shape index (κ1) is 12.6. The number of hydrogen-bond acceptors (Lipinski definition) is 5. The van der Waals surface area contributed by atoms with E-state index in [4.69, 9.17) is 10.5 Å². The predicted octanol–water partition coefficient (Wildman–Crippen LogP) is 2.70. The molecule has 1 aromatic carbocycles. The van der Waals surface area contributed by atoms with Crippen LogP contribution in [0.2, 0.25) is 0 Å². The first-order valence-electron chi connectivity index (χ1n) is 5.51. The Morgan fingerprint density at radius 3 is 2.89 bits per heavy atom. The van der Waals surface area contributed by atoms with Crippen LogP contribution >= 0.6 is 11.3 Å². The highest BCUT2D eigenvalue weighted by molar-refractivity contribution is 7.09. The standard InChI is InChI=1S/C13H14N2O2S/c1-8-11(4-3-5-12(8)14)13(16)17-6-10-7-18-9(2)15-10/h3-5,7H,6,14H2,1-2H3. The fourth-order valence-electron chi connectivity index (χ4n) is 1.57. The predicted molar refractivity (Wildman–Crippen MR) is 71.6 cm³/mol. The minimum Gasteiger partial charge on any atom is -0.456 e. The summed E-state index contributed by atoms with van der Waals surface area (Å²) < 4.78 is 5.21. The normalized spacial score (nSPS) is 10.3. The molecule has 0 fully saturated rings. The number of carbonyl (C=O) groups excluding carboxylic acids is 1. The average molecular weight is 262 g/mol. The van der Waals surface area contributed by atoms with Crippen LogP contribution in [-0.4, -0.2) is 11.0 Å². The third-order valence-electron chi connectivity index (χ3n) is 2.61. The number of esters is 1. The fraction of sp³-hybridized carbons (Fsp3) is 0.231. The lowest BCUT2D eigenvalue weighted by molar-refractivity contribution is 0.0467. The molecule has 0 saturated heterocycles. The van der Waals surface area contributed by atoms with Gasteiger partial charge in [-0.3, -0.25) is 0 Å². The summed E-state index contributed by atoms with van der Waals surface area (Å²) in [7, 11) is 0. The molecule has 1 aromatic heterocycles. The molecule has 94 valence electrons. The summed E-state index contributed by atoms with van der Waals surface area (Å²) in [5, 5.41) is 2.84.